The van der Waals surface area contributed by atoms with E-state index in [1.165, 1.54) is 6.42 Å². The van der Waals surface area contributed by atoms with Gasteiger partial charge in [-0.1, -0.05) is 12.1 Å². The summed E-state index contributed by atoms with van der Waals surface area (Å²) in [7, 11) is 0. The summed E-state index contributed by atoms with van der Waals surface area (Å²) in [5, 5.41) is 22.1. The Hall–Kier alpha value is -1.37. The molecular weight excluding hydrogens is 200 g/mol. The van der Waals surface area contributed by atoms with Crippen LogP contribution in [0.15, 0.2) is 24.3 Å². The molecule has 1 aromatic carbocycles. The molecule has 0 spiro atoms. The molecule has 2 atom stereocenters. The van der Waals surface area contributed by atoms with Gasteiger partial charge < -0.3 is 10.4 Å². The van der Waals surface area contributed by atoms with E-state index in [1.807, 2.05) is 12.1 Å². The van der Waals surface area contributed by atoms with Crippen LogP contribution in [0.3, 0.4) is 0 Å². The number of hydrogen-bond acceptors (Lipinski definition) is 3. The predicted octanol–water partition coefficient (Wildman–Crippen LogP) is 1.73. The Labute approximate surface area is 95.7 Å². The molecule has 3 heteroatoms. The van der Waals surface area contributed by atoms with Gasteiger partial charge in [-0.05, 0) is 43.5 Å². The minimum atomic E-state index is -0.427. The van der Waals surface area contributed by atoms with Gasteiger partial charge in [0.1, 0.15) is 0 Å². The van der Waals surface area contributed by atoms with Crippen molar-refractivity contribution in [3.05, 3.63) is 35.4 Å². The summed E-state index contributed by atoms with van der Waals surface area (Å²) >= 11 is 0. The third-order valence-electron chi connectivity index (χ3n) is 3.09. The number of aliphatic hydroxyl groups excluding tert-OH is 1. The molecule has 1 aliphatic heterocycles. The lowest BCUT2D eigenvalue weighted by molar-refractivity contribution is 0.154. The Morgan fingerprint density at radius 2 is 2.19 bits per heavy atom. The monoisotopic (exact) mass is 216 g/mol. The van der Waals surface area contributed by atoms with Crippen molar-refractivity contribution in [2.75, 3.05) is 6.54 Å². The van der Waals surface area contributed by atoms with Crippen LogP contribution in [-0.2, 0) is 0 Å². The molecule has 0 aliphatic carbocycles. The molecule has 1 heterocycles. The molecule has 1 aromatic rings. The van der Waals surface area contributed by atoms with Crippen molar-refractivity contribution in [1.82, 2.24) is 5.32 Å². The third kappa shape index (κ3) is 2.60. The number of hydrogen-bond donors (Lipinski definition) is 2. The highest BCUT2D eigenvalue weighted by atomic mass is 16.3. The fraction of sp³-hybridized carbons (Fsp3) is 0.462. The Balaban J connectivity index is 1.97. The molecule has 2 N–H and O–H groups in total. The molecule has 0 amide bonds. The highest BCUT2D eigenvalue weighted by molar-refractivity contribution is 5.32. The first-order valence-electron chi connectivity index (χ1n) is 5.71. The average Bonchev–Trinajstić information content (AvgIpc) is 2.82. The quantitative estimate of drug-likeness (QED) is 0.809. The van der Waals surface area contributed by atoms with Gasteiger partial charge in [0.15, 0.2) is 0 Å². The minimum absolute atomic E-state index is 0.427. The van der Waals surface area contributed by atoms with Crippen molar-refractivity contribution in [2.45, 2.75) is 31.4 Å². The van der Waals surface area contributed by atoms with Gasteiger partial charge in [0, 0.05) is 6.04 Å². The van der Waals surface area contributed by atoms with Crippen LogP contribution >= 0.6 is 0 Å². The predicted molar refractivity (Wildman–Crippen MR) is 61.8 cm³/mol. The lowest BCUT2D eigenvalue weighted by Gasteiger charge is -2.16. The Morgan fingerprint density at radius 1 is 1.44 bits per heavy atom. The molecule has 0 saturated carbocycles. The fourth-order valence-electron chi connectivity index (χ4n) is 2.14. The van der Waals surface area contributed by atoms with Gasteiger partial charge in [0.25, 0.3) is 0 Å². The van der Waals surface area contributed by atoms with E-state index in [-0.39, 0.29) is 0 Å². The van der Waals surface area contributed by atoms with E-state index in [1.54, 1.807) is 12.1 Å². The number of nitriles is 1. The second kappa shape index (κ2) is 5.11. The summed E-state index contributed by atoms with van der Waals surface area (Å²) in [6.07, 6.45) is 2.67. The summed E-state index contributed by atoms with van der Waals surface area (Å²) in [5.41, 5.74) is 1.53. The van der Waals surface area contributed by atoms with E-state index in [9.17, 15) is 5.11 Å². The van der Waals surface area contributed by atoms with Crippen LogP contribution in [0, 0.1) is 11.3 Å². The lowest BCUT2D eigenvalue weighted by Crippen LogP contribution is -2.23. The van der Waals surface area contributed by atoms with Crippen LogP contribution in [0.5, 0.6) is 0 Å². The Bertz CT molecular complexity index is 374. The molecule has 2 unspecified atom stereocenters. The van der Waals surface area contributed by atoms with Crippen LogP contribution in [-0.4, -0.2) is 17.7 Å². The van der Waals surface area contributed by atoms with Gasteiger partial charge in [-0.15, -0.1) is 0 Å². The molecule has 2 rings (SSSR count). The standard InChI is InChI=1S/C13H16N2O/c14-9-10-3-5-11(6-4-10)13(16)8-12-2-1-7-15-12/h3-6,12-13,15-16H,1-2,7-8H2. The Morgan fingerprint density at radius 3 is 2.75 bits per heavy atom. The smallest absolute Gasteiger partial charge is 0.0991 e. The topological polar surface area (TPSA) is 56.0 Å². The van der Waals surface area contributed by atoms with Crippen LogP contribution in [0.4, 0.5) is 0 Å². The number of aliphatic hydroxyl groups is 1. The largest absolute Gasteiger partial charge is 0.388 e. The van der Waals surface area contributed by atoms with Gasteiger partial charge in [-0.3, -0.25) is 0 Å². The summed E-state index contributed by atoms with van der Waals surface area (Å²) in [5.74, 6) is 0. The first-order valence-corrected chi connectivity index (χ1v) is 5.71. The molecule has 0 aromatic heterocycles. The van der Waals surface area contributed by atoms with E-state index in [2.05, 4.69) is 11.4 Å². The van der Waals surface area contributed by atoms with Crippen molar-refractivity contribution in [3.63, 3.8) is 0 Å². The number of nitrogens with zero attached hydrogens (tertiary/aromatic N) is 1. The first kappa shape index (κ1) is 11.1. The molecule has 1 fully saturated rings. The SMILES string of the molecule is N#Cc1ccc(C(O)CC2CCCN2)cc1. The minimum Gasteiger partial charge on any atom is -0.388 e. The van der Waals surface area contributed by atoms with E-state index < -0.39 is 6.10 Å². The molecule has 0 radical (unpaired) electrons. The third-order valence-corrected chi connectivity index (χ3v) is 3.09. The van der Waals surface area contributed by atoms with Crippen LogP contribution in [0.2, 0.25) is 0 Å². The van der Waals surface area contributed by atoms with Crippen LogP contribution in [0.1, 0.15) is 36.5 Å². The molecule has 16 heavy (non-hydrogen) atoms. The molecule has 0 bridgehead atoms. The molecule has 1 aliphatic rings. The van der Waals surface area contributed by atoms with Gasteiger partial charge in [0.2, 0.25) is 0 Å². The first-order chi connectivity index (χ1) is 7.79. The van der Waals surface area contributed by atoms with Crippen molar-refractivity contribution < 1.29 is 5.11 Å². The van der Waals surface area contributed by atoms with Gasteiger partial charge in [0.05, 0.1) is 17.7 Å². The lowest BCUT2D eigenvalue weighted by atomic mass is 10.0. The molecule has 84 valence electrons. The average molecular weight is 216 g/mol. The molecular formula is C13H16N2O. The maximum Gasteiger partial charge on any atom is 0.0991 e. The van der Waals surface area contributed by atoms with Gasteiger partial charge >= 0.3 is 0 Å². The second-order valence-corrected chi connectivity index (χ2v) is 4.28. The zero-order valence-corrected chi connectivity index (χ0v) is 9.19. The summed E-state index contributed by atoms with van der Waals surface area (Å²) in [4.78, 5) is 0. The Kier molecular flexibility index (Phi) is 3.55. The van der Waals surface area contributed by atoms with Crippen LogP contribution in [0.25, 0.3) is 0 Å². The highest BCUT2D eigenvalue weighted by Gasteiger charge is 2.18. The summed E-state index contributed by atoms with van der Waals surface area (Å²) in [6, 6.07) is 9.67. The van der Waals surface area contributed by atoms with E-state index in [0.29, 0.717) is 11.6 Å². The van der Waals surface area contributed by atoms with Gasteiger partial charge in [-0.2, -0.15) is 5.26 Å². The highest BCUT2D eigenvalue weighted by Crippen LogP contribution is 2.22. The maximum absolute atomic E-state index is 10.0. The molecule has 1 saturated heterocycles. The number of nitrogens with one attached hydrogen (secondary N) is 1. The van der Waals surface area contributed by atoms with E-state index >= 15 is 0 Å². The summed E-state index contributed by atoms with van der Waals surface area (Å²) in [6.45, 7) is 1.06. The number of rotatable bonds is 3. The normalized spacial score (nSPS) is 21.6. The maximum atomic E-state index is 10.0. The van der Waals surface area contributed by atoms with Crippen molar-refractivity contribution in [1.29, 1.82) is 5.26 Å². The van der Waals surface area contributed by atoms with Crippen molar-refractivity contribution in [3.8, 4) is 6.07 Å². The van der Waals surface area contributed by atoms with E-state index in [0.717, 1.165) is 24.9 Å². The van der Waals surface area contributed by atoms with Crippen molar-refractivity contribution >= 4 is 0 Å². The fourth-order valence-corrected chi connectivity index (χ4v) is 2.14. The molecule has 3 nitrogen and oxygen atoms in total. The zero-order chi connectivity index (χ0) is 11.4. The van der Waals surface area contributed by atoms with E-state index in [4.69, 9.17) is 5.26 Å². The number of benzene rings is 1. The zero-order valence-electron chi connectivity index (χ0n) is 9.19. The van der Waals surface area contributed by atoms with Gasteiger partial charge in [-0.25, -0.2) is 0 Å². The second-order valence-electron chi connectivity index (χ2n) is 4.28. The van der Waals surface area contributed by atoms with Crippen molar-refractivity contribution in [2.24, 2.45) is 0 Å². The van der Waals surface area contributed by atoms with Crippen LogP contribution < -0.4 is 5.32 Å². The summed E-state index contributed by atoms with van der Waals surface area (Å²) < 4.78 is 0.